The maximum atomic E-state index is 13.9. The van der Waals surface area contributed by atoms with Gasteiger partial charge in [-0.25, -0.2) is 0 Å². The van der Waals surface area contributed by atoms with E-state index < -0.39 is 6.10 Å². The topological polar surface area (TPSA) is 100 Å². The standard InChI is InChI=1S/C34H38BrClN4O5/c1-44-31-20-23(11-13-28(31)38-33(42)25-8-3-4-9-27(25)35)34(43)40-18-7-10-30(26-21-24(36)12-14-29(26)40)45-22-32(41)37-15-19-39-16-5-2-6-17-39/h3-4,8-9,11-14,20-21,30H,2,5-7,10,15-19,22H2,1H3,(H,37,41)(H,38,42). The van der Waals surface area contributed by atoms with Crippen molar-refractivity contribution in [2.24, 2.45) is 0 Å². The molecule has 0 saturated carbocycles. The predicted octanol–water partition coefficient (Wildman–Crippen LogP) is 6.46. The Labute approximate surface area is 277 Å². The zero-order valence-electron chi connectivity index (χ0n) is 25.3. The van der Waals surface area contributed by atoms with E-state index in [-0.39, 0.29) is 24.3 Å². The quantitative estimate of drug-likeness (QED) is 0.252. The van der Waals surface area contributed by atoms with Gasteiger partial charge in [0.15, 0.2) is 0 Å². The van der Waals surface area contributed by atoms with Gasteiger partial charge in [0.05, 0.1) is 24.5 Å². The molecule has 3 aromatic carbocycles. The van der Waals surface area contributed by atoms with Gasteiger partial charge in [0.1, 0.15) is 12.4 Å². The van der Waals surface area contributed by atoms with Crippen molar-refractivity contribution in [3.05, 3.63) is 86.8 Å². The number of carbonyl (C=O) groups excluding carboxylic acids is 3. The van der Waals surface area contributed by atoms with Crippen molar-refractivity contribution in [1.29, 1.82) is 0 Å². The highest BCUT2D eigenvalue weighted by Gasteiger charge is 2.29. The van der Waals surface area contributed by atoms with Crippen LogP contribution in [0.1, 0.15) is 64.5 Å². The molecule has 3 aromatic rings. The van der Waals surface area contributed by atoms with Gasteiger partial charge in [-0.1, -0.05) is 30.2 Å². The predicted molar refractivity (Wildman–Crippen MR) is 179 cm³/mol. The molecular formula is C34H38BrClN4O5. The van der Waals surface area contributed by atoms with E-state index in [1.807, 2.05) is 18.2 Å². The molecule has 2 heterocycles. The summed E-state index contributed by atoms with van der Waals surface area (Å²) >= 11 is 9.81. The van der Waals surface area contributed by atoms with Crippen molar-refractivity contribution in [2.75, 3.05) is 56.7 Å². The molecule has 0 radical (unpaired) electrons. The molecule has 2 aliphatic rings. The van der Waals surface area contributed by atoms with Gasteiger partial charge >= 0.3 is 0 Å². The highest BCUT2D eigenvalue weighted by atomic mass is 79.9. The first-order valence-corrected chi connectivity index (χ1v) is 16.5. The van der Waals surface area contributed by atoms with Crippen LogP contribution in [-0.2, 0) is 9.53 Å². The number of hydrogen-bond acceptors (Lipinski definition) is 6. The number of benzene rings is 3. The molecule has 45 heavy (non-hydrogen) atoms. The summed E-state index contributed by atoms with van der Waals surface area (Å²) in [4.78, 5) is 43.5. The number of likely N-dealkylation sites (tertiary alicyclic amines) is 1. The number of ether oxygens (including phenoxy) is 2. The van der Waals surface area contributed by atoms with Gasteiger partial charge in [-0.05, 0) is 103 Å². The third-order valence-corrected chi connectivity index (χ3v) is 9.08. The third-order valence-electron chi connectivity index (χ3n) is 8.15. The summed E-state index contributed by atoms with van der Waals surface area (Å²) in [6, 6.07) is 17.5. The molecule has 9 nitrogen and oxygen atoms in total. The lowest BCUT2D eigenvalue weighted by molar-refractivity contribution is -0.128. The summed E-state index contributed by atoms with van der Waals surface area (Å²) in [5.74, 6) is -0.330. The summed E-state index contributed by atoms with van der Waals surface area (Å²) in [6.07, 6.45) is 4.60. The average molecular weight is 698 g/mol. The van der Waals surface area contributed by atoms with Crippen LogP contribution in [-0.4, -0.2) is 69.1 Å². The smallest absolute Gasteiger partial charge is 0.258 e. The second-order valence-corrected chi connectivity index (χ2v) is 12.5. The molecule has 0 aromatic heterocycles. The normalized spacial score (nSPS) is 16.8. The molecule has 5 rings (SSSR count). The lowest BCUT2D eigenvalue weighted by Crippen LogP contribution is -2.38. The van der Waals surface area contributed by atoms with Gasteiger partial charge in [0, 0.05) is 45.9 Å². The maximum Gasteiger partial charge on any atom is 0.258 e. The van der Waals surface area contributed by atoms with Crippen LogP contribution in [0.5, 0.6) is 5.75 Å². The number of hydrogen-bond donors (Lipinski definition) is 2. The van der Waals surface area contributed by atoms with E-state index in [0.29, 0.717) is 63.7 Å². The Morgan fingerprint density at radius 3 is 2.56 bits per heavy atom. The minimum absolute atomic E-state index is 0.0749. The van der Waals surface area contributed by atoms with Crippen LogP contribution in [0.4, 0.5) is 11.4 Å². The molecule has 2 aliphatic heterocycles. The summed E-state index contributed by atoms with van der Waals surface area (Å²) in [7, 11) is 1.49. The second-order valence-electron chi connectivity index (χ2n) is 11.2. The van der Waals surface area contributed by atoms with Crippen LogP contribution in [0.25, 0.3) is 0 Å². The maximum absolute atomic E-state index is 13.9. The molecule has 3 amide bonds. The van der Waals surface area contributed by atoms with Gasteiger partial charge < -0.3 is 29.9 Å². The summed E-state index contributed by atoms with van der Waals surface area (Å²) in [5, 5.41) is 6.36. The number of anilines is 2. The third kappa shape index (κ3) is 8.43. The van der Waals surface area contributed by atoms with Crippen molar-refractivity contribution in [3.63, 3.8) is 0 Å². The Kier molecular flexibility index (Phi) is 11.5. The highest BCUT2D eigenvalue weighted by molar-refractivity contribution is 9.10. The summed E-state index contributed by atoms with van der Waals surface area (Å²) in [5.41, 5.74) is 2.77. The van der Waals surface area contributed by atoms with Gasteiger partial charge in [-0.3, -0.25) is 14.4 Å². The Bertz CT molecular complexity index is 1530. The summed E-state index contributed by atoms with van der Waals surface area (Å²) in [6.45, 7) is 3.98. The molecule has 1 atom stereocenters. The van der Waals surface area contributed by atoms with Gasteiger partial charge in [-0.15, -0.1) is 0 Å². The molecule has 0 aliphatic carbocycles. The molecule has 0 spiro atoms. The van der Waals surface area contributed by atoms with Gasteiger partial charge in [0.25, 0.3) is 11.8 Å². The Balaban J connectivity index is 1.27. The molecule has 2 N–H and O–H groups in total. The van der Waals surface area contributed by atoms with E-state index in [9.17, 15) is 14.4 Å². The Hall–Kier alpha value is -3.44. The first-order valence-electron chi connectivity index (χ1n) is 15.3. The zero-order chi connectivity index (χ0) is 31.8. The minimum atomic E-state index is -0.395. The van der Waals surface area contributed by atoms with Crippen molar-refractivity contribution in [3.8, 4) is 5.75 Å². The number of nitrogens with one attached hydrogen (secondary N) is 2. The lowest BCUT2D eigenvalue weighted by Gasteiger charge is -2.26. The van der Waals surface area contributed by atoms with Crippen molar-refractivity contribution >= 4 is 56.6 Å². The monoisotopic (exact) mass is 696 g/mol. The van der Waals surface area contributed by atoms with Crippen molar-refractivity contribution in [1.82, 2.24) is 10.2 Å². The molecule has 0 bridgehead atoms. The van der Waals surface area contributed by atoms with Crippen LogP contribution in [0, 0.1) is 0 Å². The lowest BCUT2D eigenvalue weighted by atomic mass is 10.0. The van der Waals surface area contributed by atoms with Crippen LogP contribution in [0.3, 0.4) is 0 Å². The van der Waals surface area contributed by atoms with Crippen LogP contribution in [0.2, 0.25) is 5.02 Å². The fourth-order valence-corrected chi connectivity index (χ4v) is 6.45. The van der Waals surface area contributed by atoms with E-state index in [1.165, 1.54) is 26.4 Å². The number of nitrogens with zero attached hydrogens (tertiary/aromatic N) is 2. The molecule has 11 heteroatoms. The van der Waals surface area contributed by atoms with E-state index in [4.69, 9.17) is 21.1 Å². The minimum Gasteiger partial charge on any atom is -0.495 e. The Morgan fingerprint density at radius 2 is 1.78 bits per heavy atom. The average Bonchev–Trinajstić information content (AvgIpc) is 3.23. The molecule has 238 valence electrons. The number of piperidine rings is 1. The first-order chi connectivity index (χ1) is 21.8. The molecule has 1 fully saturated rings. The number of methoxy groups -OCH3 is 1. The number of fused-ring (bicyclic) bond motifs is 1. The Morgan fingerprint density at radius 1 is 0.978 bits per heavy atom. The fraction of sp³-hybridized carbons (Fsp3) is 0.382. The van der Waals surface area contributed by atoms with Gasteiger partial charge in [0.2, 0.25) is 5.91 Å². The molecule has 1 unspecified atom stereocenters. The molecular weight excluding hydrogens is 660 g/mol. The van der Waals surface area contributed by atoms with Crippen LogP contribution in [0.15, 0.2) is 65.1 Å². The summed E-state index contributed by atoms with van der Waals surface area (Å²) < 4.78 is 12.4. The number of rotatable bonds is 10. The highest BCUT2D eigenvalue weighted by Crippen LogP contribution is 2.38. The molecule has 1 saturated heterocycles. The first kappa shape index (κ1) is 32.9. The SMILES string of the molecule is COc1cc(C(=O)N2CCCC(OCC(=O)NCCN3CCCCC3)c3cc(Cl)ccc32)ccc1NC(=O)c1ccccc1Br. The van der Waals surface area contributed by atoms with E-state index in [0.717, 1.165) is 25.2 Å². The number of amides is 3. The number of carbonyl (C=O) groups is 3. The van der Waals surface area contributed by atoms with E-state index >= 15 is 0 Å². The zero-order valence-corrected chi connectivity index (χ0v) is 27.7. The van der Waals surface area contributed by atoms with Crippen LogP contribution >= 0.6 is 27.5 Å². The second kappa shape index (κ2) is 15.7. The van der Waals surface area contributed by atoms with Crippen molar-refractivity contribution in [2.45, 2.75) is 38.2 Å². The largest absolute Gasteiger partial charge is 0.495 e. The van der Waals surface area contributed by atoms with Crippen molar-refractivity contribution < 1.29 is 23.9 Å². The van der Waals surface area contributed by atoms with E-state index in [1.54, 1.807) is 47.4 Å². The van der Waals surface area contributed by atoms with Gasteiger partial charge in [-0.2, -0.15) is 0 Å². The fourth-order valence-electron chi connectivity index (χ4n) is 5.81. The number of halogens is 2. The van der Waals surface area contributed by atoms with Crippen LogP contribution < -0.4 is 20.3 Å². The van der Waals surface area contributed by atoms with E-state index in [2.05, 4.69) is 31.5 Å².